The van der Waals surface area contributed by atoms with Gasteiger partial charge in [-0.05, 0) is 66.6 Å². The van der Waals surface area contributed by atoms with Crippen LogP contribution in [0.5, 0.6) is 11.5 Å². The molecule has 198 valence electrons. The van der Waals surface area contributed by atoms with Crippen molar-refractivity contribution in [3.8, 4) is 11.5 Å². The van der Waals surface area contributed by atoms with E-state index >= 15 is 0 Å². The van der Waals surface area contributed by atoms with Crippen LogP contribution in [0.1, 0.15) is 56.1 Å². The van der Waals surface area contributed by atoms with Crippen LogP contribution in [0.2, 0.25) is 0 Å². The summed E-state index contributed by atoms with van der Waals surface area (Å²) >= 11 is 0. The molecule has 2 N–H and O–H groups in total. The van der Waals surface area contributed by atoms with E-state index in [0.717, 1.165) is 12.1 Å². The Morgan fingerprint density at radius 1 is 0.973 bits per heavy atom. The van der Waals surface area contributed by atoms with Gasteiger partial charge in [-0.3, -0.25) is 4.79 Å². The van der Waals surface area contributed by atoms with Gasteiger partial charge in [0.25, 0.3) is 5.91 Å². The molecule has 1 amide bonds. The van der Waals surface area contributed by atoms with Crippen molar-refractivity contribution in [1.82, 2.24) is 5.32 Å². The first kappa shape index (κ1) is 27.8. The largest absolute Gasteiger partial charge is 0.491 e. The monoisotopic (exact) mass is 517 g/mol. The minimum atomic E-state index is -4.45. The minimum absolute atomic E-state index is 0.0526. The third kappa shape index (κ3) is 6.93. The summed E-state index contributed by atoms with van der Waals surface area (Å²) in [5.74, 6) is -1.02. The summed E-state index contributed by atoms with van der Waals surface area (Å²) in [7, 11) is 0. The van der Waals surface area contributed by atoms with Gasteiger partial charge in [-0.25, -0.2) is 4.79 Å². The topological polar surface area (TPSA) is 84.9 Å². The fraction of sp³-hybridized carbons (Fsp3) is 0.357. The van der Waals surface area contributed by atoms with Gasteiger partial charge in [0.2, 0.25) is 0 Å². The van der Waals surface area contributed by atoms with Gasteiger partial charge < -0.3 is 19.9 Å². The van der Waals surface area contributed by atoms with Gasteiger partial charge in [0, 0.05) is 5.39 Å². The van der Waals surface area contributed by atoms with Crippen molar-refractivity contribution in [3.63, 3.8) is 0 Å². The first-order valence-corrected chi connectivity index (χ1v) is 11.7. The van der Waals surface area contributed by atoms with Crippen LogP contribution in [0, 0.1) is 5.41 Å². The molecule has 6 nitrogen and oxygen atoms in total. The molecule has 0 heterocycles. The van der Waals surface area contributed by atoms with E-state index in [9.17, 15) is 27.9 Å². The number of benzene rings is 3. The number of nitrogens with one attached hydrogen (secondary N) is 1. The second-order valence-corrected chi connectivity index (χ2v) is 10.1. The number of carboxylic acids is 1. The lowest BCUT2D eigenvalue weighted by molar-refractivity contribution is -0.142. The van der Waals surface area contributed by atoms with E-state index in [2.05, 4.69) is 5.32 Å². The number of rotatable bonds is 8. The Labute approximate surface area is 213 Å². The Kier molecular flexibility index (Phi) is 8.05. The van der Waals surface area contributed by atoms with Gasteiger partial charge in [-0.2, -0.15) is 13.2 Å². The average Bonchev–Trinajstić information content (AvgIpc) is 2.79. The van der Waals surface area contributed by atoms with E-state index < -0.39 is 35.1 Å². The molecule has 37 heavy (non-hydrogen) atoms. The molecule has 1 atom stereocenters. The Morgan fingerprint density at radius 3 is 2.16 bits per heavy atom. The molecule has 0 aliphatic heterocycles. The Hall–Kier alpha value is -3.75. The number of carbonyl (C=O) groups excluding carboxylic acids is 1. The summed E-state index contributed by atoms with van der Waals surface area (Å²) in [6.45, 7) is 8.78. The van der Waals surface area contributed by atoms with Crippen LogP contribution in [0.3, 0.4) is 0 Å². The molecule has 0 aromatic heterocycles. The molecule has 0 aliphatic carbocycles. The first-order valence-electron chi connectivity index (χ1n) is 11.7. The van der Waals surface area contributed by atoms with Gasteiger partial charge in [0.1, 0.15) is 24.1 Å². The maximum Gasteiger partial charge on any atom is 0.416 e. The highest BCUT2D eigenvalue weighted by atomic mass is 19.4. The molecule has 0 spiro atoms. The van der Waals surface area contributed by atoms with E-state index in [1.807, 2.05) is 13.8 Å². The summed E-state index contributed by atoms with van der Waals surface area (Å²) < 4.78 is 50.5. The summed E-state index contributed by atoms with van der Waals surface area (Å²) in [5, 5.41) is 13.5. The second-order valence-electron chi connectivity index (χ2n) is 10.1. The van der Waals surface area contributed by atoms with Crippen molar-refractivity contribution >= 4 is 22.6 Å². The molecule has 1 unspecified atom stereocenters. The molecule has 3 aromatic carbocycles. The number of alkyl halides is 3. The van der Waals surface area contributed by atoms with Crippen molar-refractivity contribution in [2.45, 2.75) is 59.5 Å². The number of aliphatic carboxylic acids is 1. The van der Waals surface area contributed by atoms with Gasteiger partial charge >= 0.3 is 12.1 Å². The predicted molar refractivity (Wildman–Crippen MR) is 134 cm³/mol. The summed E-state index contributed by atoms with van der Waals surface area (Å²) in [6, 6.07) is 11.9. The molecular formula is C28H30F3NO5. The lowest BCUT2D eigenvalue weighted by Gasteiger charge is -2.28. The van der Waals surface area contributed by atoms with Crippen LogP contribution in [-0.4, -0.2) is 29.1 Å². The zero-order valence-corrected chi connectivity index (χ0v) is 21.3. The molecule has 0 radical (unpaired) electrons. The second kappa shape index (κ2) is 10.7. The summed E-state index contributed by atoms with van der Waals surface area (Å²) in [6.07, 6.45) is -4.51. The molecular weight excluding hydrogens is 487 g/mol. The van der Waals surface area contributed by atoms with E-state index in [1.165, 1.54) is 18.2 Å². The fourth-order valence-corrected chi connectivity index (χ4v) is 3.76. The van der Waals surface area contributed by atoms with Crippen LogP contribution < -0.4 is 14.8 Å². The molecule has 3 rings (SSSR count). The molecule has 0 saturated carbocycles. The van der Waals surface area contributed by atoms with Gasteiger partial charge in [-0.1, -0.05) is 39.0 Å². The SMILES string of the molecule is CC(C)Oc1ccc2c(OCc3ccc(C(F)(F)F)cc3)c(C(=O)NC(C(=O)O)C(C)(C)C)ccc2c1. The highest BCUT2D eigenvalue weighted by Gasteiger charge is 2.34. The van der Waals surface area contributed by atoms with Crippen LogP contribution in [0.15, 0.2) is 54.6 Å². The van der Waals surface area contributed by atoms with Crippen LogP contribution in [0.25, 0.3) is 10.8 Å². The minimum Gasteiger partial charge on any atom is -0.491 e. The number of carboxylic acid groups (broad SMARTS) is 1. The number of amides is 1. The number of ether oxygens (including phenoxy) is 2. The highest BCUT2D eigenvalue weighted by Crippen LogP contribution is 2.34. The zero-order valence-electron chi connectivity index (χ0n) is 21.3. The zero-order chi connectivity index (χ0) is 27.5. The van der Waals surface area contributed by atoms with Crippen molar-refractivity contribution < 1.29 is 37.3 Å². The van der Waals surface area contributed by atoms with E-state index in [1.54, 1.807) is 45.0 Å². The number of carbonyl (C=O) groups is 2. The average molecular weight is 518 g/mol. The third-order valence-electron chi connectivity index (χ3n) is 5.61. The lowest BCUT2D eigenvalue weighted by atomic mass is 9.86. The normalized spacial score (nSPS) is 12.9. The maximum absolute atomic E-state index is 13.2. The van der Waals surface area contributed by atoms with E-state index in [-0.39, 0.29) is 24.0 Å². The first-order chi connectivity index (χ1) is 17.2. The molecule has 3 aromatic rings. The van der Waals surface area contributed by atoms with Crippen molar-refractivity contribution in [2.24, 2.45) is 5.41 Å². The smallest absolute Gasteiger partial charge is 0.416 e. The number of hydrogen-bond donors (Lipinski definition) is 2. The molecule has 0 fully saturated rings. The molecule has 0 bridgehead atoms. The third-order valence-corrected chi connectivity index (χ3v) is 5.61. The Bertz CT molecular complexity index is 1280. The fourth-order valence-electron chi connectivity index (χ4n) is 3.76. The number of hydrogen-bond acceptors (Lipinski definition) is 4. The number of fused-ring (bicyclic) bond motifs is 1. The lowest BCUT2D eigenvalue weighted by Crippen LogP contribution is -2.49. The van der Waals surface area contributed by atoms with Gasteiger partial charge in [-0.15, -0.1) is 0 Å². The van der Waals surface area contributed by atoms with Crippen molar-refractivity contribution in [1.29, 1.82) is 0 Å². The Balaban J connectivity index is 2.00. The van der Waals surface area contributed by atoms with E-state index in [4.69, 9.17) is 9.47 Å². The summed E-state index contributed by atoms with van der Waals surface area (Å²) in [4.78, 5) is 25.0. The molecule has 9 heteroatoms. The van der Waals surface area contributed by atoms with E-state index in [0.29, 0.717) is 22.1 Å². The van der Waals surface area contributed by atoms with Gasteiger partial charge in [0.05, 0.1) is 17.2 Å². The van der Waals surface area contributed by atoms with Gasteiger partial charge in [0.15, 0.2) is 0 Å². The van der Waals surface area contributed by atoms with Crippen LogP contribution in [0.4, 0.5) is 13.2 Å². The number of halogens is 3. The molecule has 0 saturated heterocycles. The standard InChI is InChI=1S/C28H30F3NO5/c1-16(2)37-20-11-13-21-18(14-20)8-12-22(25(33)32-24(26(34)35)27(3,4)5)23(21)36-15-17-6-9-19(10-7-17)28(29,30)31/h6-14,16,24H,15H2,1-5H3,(H,32,33)(H,34,35). The molecule has 0 aliphatic rings. The van der Waals surface area contributed by atoms with Crippen LogP contribution >= 0.6 is 0 Å². The quantitative estimate of drug-likeness (QED) is 0.359. The van der Waals surface area contributed by atoms with Crippen molar-refractivity contribution in [3.05, 3.63) is 71.3 Å². The predicted octanol–water partition coefficient (Wildman–Crippen LogP) is 6.45. The van der Waals surface area contributed by atoms with Crippen molar-refractivity contribution in [2.75, 3.05) is 0 Å². The Morgan fingerprint density at radius 2 is 1.62 bits per heavy atom. The van der Waals surface area contributed by atoms with Crippen LogP contribution in [-0.2, 0) is 17.6 Å². The summed E-state index contributed by atoms with van der Waals surface area (Å²) in [5.41, 5.74) is -0.967. The maximum atomic E-state index is 13.2. The highest BCUT2D eigenvalue weighted by molar-refractivity contribution is 6.05.